The van der Waals surface area contributed by atoms with Crippen molar-refractivity contribution in [2.75, 3.05) is 51.4 Å². The molecule has 0 saturated carbocycles. The van der Waals surface area contributed by atoms with Gasteiger partial charge in [0.05, 0.1) is 13.2 Å². The Morgan fingerprint density at radius 2 is 2.23 bits per heavy atom. The molecule has 142 valence electrons. The molecule has 2 aliphatic rings. The Morgan fingerprint density at radius 1 is 1.38 bits per heavy atom. The van der Waals surface area contributed by atoms with Crippen LogP contribution in [0.4, 0.5) is 5.69 Å². The van der Waals surface area contributed by atoms with Gasteiger partial charge in [-0.3, -0.25) is 9.79 Å². The number of anilines is 1. The standard InChI is InChI=1S/C19H28N4O3/c1-20-18(22-13-19(7-10-24)8-11-26-14-19)21-12-17(25)23-9-6-15-4-2-3-5-16(15)23/h2-5,24H,6-14H2,1H3,(H2,20,21,22). The van der Waals surface area contributed by atoms with E-state index >= 15 is 0 Å². The van der Waals surface area contributed by atoms with E-state index in [4.69, 9.17) is 4.74 Å². The van der Waals surface area contributed by atoms with Gasteiger partial charge in [0.15, 0.2) is 5.96 Å². The molecule has 1 saturated heterocycles. The van der Waals surface area contributed by atoms with Gasteiger partial charge in [-0.2, -0.15) is 0 Å². The summed E-state index contributed by atoms with van der Waals surface area (Å²) in [7, 11) is 1.69. The zero-order valence-corrected chi connectivity index (χ0v) is 15.3. The normalized spacial score (nSPS) is 22.4. The number of aliphatic hydroxyl groups excluding tert-OH is 1. The van der Waals surface area contributed by atoms with Gasteiger partial charge in [0.1, 0.15) is 0 Å². The van der Waals surface area contributed by atoms with E-state index in [9.17, 15) is 9.90 Å². The minimum absolute atomic E-state index is 0.0344. The van der Waals surface area contributed by atoms with Crippen LogP contribution in [0.15, 0.2) is 29.3 Å². The van der Waals surface area contributed by atoms with E-state index in [1.165, 1.54) is 5.56 Å². The van der Waals surface area contributed by atoms with Crippen LogP contribution < -0.4 is 15.5 Å². The summed E-state index contributed by atoms with van der Waals surface area (Å²) >= 11 is 0. The minimum Gasteiger partial charge on any atom is -0.396 e. The van der Waals surface area contributed by atoms with Crippen LogP contribution in [0.2, 0.25) is 0 Å². The monoisotopic (exact) mass is 360 g/mol. The number of nitrogens with one attached hydrogen (secondary N) is 2. The second kappa shape index (κ2) is 8.51. The number of aliphatic imine (C=N–C) groups is 1. The zero-order valence-electron chi connectivity index (χ0n) is 15.3. The van der Waals surface area contributed by atoms with Crippen LogP contribution in [-0.2, 0) is 16.0 Å². The third-order valence-corrected chi connectivity index (χ3v) is 5.28. The van der Waals surface area contributed by atoms with Gasteiger partial charge in [-0.05, 0) is 30.9 Å². The van der Waals surface area contributed by atoms with Crippen molar-refractivity contribution in [3.8, 4) is 0 Å². The average molecular weight is 360 g/mol. The molecule has 0 spiro atoms. The highest BCUT2D eigenvalue weighted by Crippen LogP contribution is 2.31. The molecule has 2 heterocycles. The molecule has 0 radical (unpaired) electrons. The molecule has 0 aromatic heterocycles. The van der Waals surface area contributed by atoms with Gasteiger partial charge < -0.3 is 25.4 Å². The number of guanidine groups is 1. The van der Waals surface area contributed by atoms with Gasteiger partial charge in [-0.15, -0.1) is 0 Å². The molecule has 1 atom stereocenters. The van der Waals surface area contributed by atoms with E-state index in [0.29, 0.717) is 25.5 Å². The average Bonchev–Trinajstić information content (AvgIpc) is 3.29. The lowest BCUT2D eigenvalue weighted by Gasteiger charge is -2.28. The van der Waals surface area contributed by atoms with Crippen molar-refractivity contribution in [2.45, 2.75) is 19.3 Å². The van der Waals surface area contributed by atoms with E-state index < -0.39 is 0 Å². The number of carbonyl (C=O) groups excluding carboxylic acids is 1. The summed E-state index contributed by atoms with van der Waals surface area (Å²) < 4.78 is 5.51. The molecular formula is C19H28N4O3. The van der Waals surface area contributed by atoms with Crippen molar-refractivity contribution in [3.05, 3.63) is 29.8 Å². The Labute approximate surface area is 154 Å². The number of para-hydroxylation sites is 1. The number of nitrogens with zero attached hydrogens (tertiary/aromatic N) is 2. The summed E-state index contributed by atoms with van der Waals surface area (Å²) in [6.45, 7) is 3.08. The predicted octanol–water partition coefficient (Wildman–Crippen LogP) is 0.530. The van der Waals surface area contributed by atoms with Gasteiger partial charge >= 0.3 is 0 Å². The number of carbonyl (C=O) groups is 1. The zero-order chi connectivity index (χ0) is 18.4. The number of benzene rings is 1. The van der Waals surface area contributed by atoms with Gasteiger partial charge in [0, 0.05) is 44.5 Å². The molecular weight excluding hydrogens is 332 g/mol. The van der Waals surface area contributed by atoms with Crippen LogP contribution in [-0.4, -0.2) is 63.5 Å². The van der Waals surface area contributed by atoms with Crippen molar-refractivity contribution < 1.29 is 14.6 Å². The van der Waals surface area contributed by atoms with Crippen molar-refractivity contribution >= 4 is 17.6 Å². The highest BCUT2D eigenvalue weighted by atomic mass is 16.5. The molecule has 1 fully saturated rings. The molecule has 1 aromatic rings. The fourth-order valence-electron chi connectivity index (χ4n) is 3.66. The van der Waals surface area contributed by atoms with Crippen LogP contribution in [0.1, 0.15) is 18.4 Å². The Kier molecular flexibility index (Phi) is 6.11. The van der Waals surface area contributed by atoms with Gasteiger partial charge in [0.2, 0.25) is 5.91 Å². The number of amides is 1. The van der Waals surface area contributed by atoms with Crippen LogP contribution >= 0.6 is 0 Å². The number of ether oxygens (including phenoxy) is 1. The fourth-order valence-corrected chi connectivity index (χ4v) is 3.66. The Morgan fingerprint density at radius 3 is 2.96 bits per heavy atom. The molecule has 0 bridgehead atoms. The highest BCUT2D eigenvalue weighted by molar-refractivity contribution is 5.98. The van der Waals surface area contributed by atoms with Crippen LogP contribution in [0.3, 0.4) is 0 Å². The SMILES string of the molecule is CN=C(NCC(=O)N1CCc2ccccc21)NCC1(CCO)CCOC1. The predicted molar refractivity (Wildman–Crippen MR) is 101 cm³/mol. The Bertz CT molecular complexity index is 656. The first-order chi connectivity index (χ1) is 12.7. The maximum absolute atomic E-state index is 12.6. The number of hydrogen-bond donors (Lipinski definition) is 3. The Hall–Kier alpha value is -2.12. The summed E-state index contributed by atoms with van der Waals surface area (Å²) in [6.07, 6.45) is 2.51. The third-order valence-electron chi connectivity index (χ3n) is 5.28. The molecule has 0 aliphatic carbocycles. The van der Waals surface area contributed by atoms with Crippen LogP contribution in [0.5, 0.6) is 0 Å². The maximum Gasteiger partial charge on any atom is 0.246 e. The van der Waals surface area contributed by atoms with Crippen molar-refractivity contribution in [2.24, 2.45) is 10.4 Å². The number of rotatable bonds is 6. The van der Waals surface area contributed by atoms with E-state index in [1.807, 2.05) is 23.1 Å². The molecule has 1 unspecified atom stereocenters. The lowest BCUT2D eigenvalue weighted by molar-refractivity contribution is -0.117. The summed E-state index contributed by atoms with van der Waals surface area (Å²) in [5, 5.41) is 15.7. The second-order valence-electron chi connectivity index (χ2n) is 6.98. The fraction of sp³-hybridized carbons (Fsp3) is 0.579. The first-order valence-electron chi connectivity index (χ1n) is 9.19. The van der Waals surface area contributed by atoms with E-state index in [-0.39, 0.29) is 24.5 Å². The van der Waals surface area contributed by atoms with E-state index in [2.05, 4.69) is 21.7 Å². The second-order valence-corrected chi connectivity index (χ2v) is 6.98. The summed E-state index contributed by atoms with van der Waals surface area (Å²) in [6, 6.07) is 8.03. The first-order valence-corrected chi connectivity index (χ1v) is 9.19. The lowest BCUT2D eigenvalue weighted by Crippen LogP contribution is -2.47. The molecule has 2 aliphatic heterocycles. The minimum atomic E-state index is -0.0652. The van der Waals surface area contributed by atoms with Gasteiger partial charge in [0.25, 0.3) is 0 Å². The summed E-state index contributed by atoms with van der Waals surface area (Å²) in [5.41, 5.74) is 2.16. The van der Waals surface area contributed by atoms with Gasteiger partial charge in [-0.1, -0.05) is 18.2 Å². The third kappa shape index (κ3) is 4.16. The molecule has 7 nitrogen and oxygen atoms in total. The molecule has 1 amide bonds. The summed E-state index contributed by atoms with van der Waals surface area (Å²) in [4.78, 5) is 18.6. The smallest absolute Gasteiger partial charge is 0.246 e. The van der Waals surface area contributed by atoms with Crippen molar-refractivity contribution in [1.82, 2.24) is 10.6 Å². The molecule has 7 heteroatoms. The molecule has 1 aromatic carbocycles. The lowest BCUT2D eigenvalue weighted by atomic mass is 9.84. The Balaban J connectivity index is 1.51. The number of fused-ring (bicyclic) bond motifs is 1. The quantitative estimate of drug-likeness (QED) is 0.509. The number of hydrogen-bond acceptors (Lipinski definition) is 4. The molecule has 26 heavy (non-hydrogen) atoms. The molecule has 3 N–H and O–H groups in total. The topological polar surface area (TPSA) is 86.2 Å². The van der Waals surface area contributed by atoms with Crippen molar-refractivity contribution in [1.29, 1.82) is 0 Å². The number of aliphatic hydroxyl groups is 1. The van der Waals surface area contributed by atoms with E-state index in [1.54, 1.807) is 7.05 Å². The molecule has 3 rings (SSSR count). The van der Waals surface area contributed by atoms with Gasteiger partial charge in [-0.25, -0.2) is 0 Å². The highest BCUT2D eigenvalue weighted by Gasteiger charge is 2.34. The van der Waals surface area contributed by atoms with Crippen LogP contribution in [0.25, 0.3) is 0 Å². The first kappa shape index (κ1) is 18.7. The largest absolute Gasteiger partial charge is 0.396 e. The maximum atomic E-state index is 12.6. The van der Waals surface area contributed by atoms with Crippen LogP contribution in [0, 0.1) is 5.41 Å². The summed E-state index contributed by atoms with van der Waals surface area (Å²) in [5.74, 6) is 0.627. The van der Waals surface area contributed by atoms with E-state index in [0.717, 1.165) is 31.7 Å². The van der Waals surface area contributed by atoms with Crippen molar-refractivity contribution in [3.63, 3.8) is 0 Å².